The zero-order valence-corrected chi connectivity index (χ0v) is 15.9. The lowest BCUT2D eigenvalue weighted by Crippen LogP contribution is -2.30. The minimum absolute atomic E-state index is 0.00612. The summed E-state index contributed by atoms with van der Waals surface area (Å²) in [7, 11) is 0. The molecule has 0 fully saturated rings. The summed E-state index contributed by atoms with van der Waals surface area (Å²) in [4.78, 5) is 19.0. The van der Waals surface area contributed by atoms with E-state index in [-0.39, 0.29) is 5.91 Å². The molecule has 138 valence electrons. The van der Waals surface area contributed by atoms with Crippen LogP contribution in [0.5, 0.6) is 0 Å². The fraction of sp³-hybridized carbons (Fsp3) is 0.217. The molecule has 1 heterocycles. The third-order valence-electron chi connectivity index (χ3n) is 4.61. The van der Waals surface area contributed by atoms with Crippen LogP contribution in [-0.4, -0.2) is 22.3 Å². The number of pyridine rings is 1. The SMILES string of the molecule is CCN(Cc1ccccc1)C(=O)c1cncc(NCc2ccccc2C)c1. The first-order valence-electron chi connectivity index (χ1n) is 9.24. The van der Waals surface area contributed by atoms with Gasteiger partial charge in [-0.3, -0.25) is 9.78 Å². The van der Waals surface area contributed by atoms with Crippen LogP contribution < -0.4 is 5.32 Å². The number of carbonyl (C=O) groups excluding carboxylic acids is 1. The zero-order valence-electron chi connectivity index (χ0n) is 15.9. The van der Waals surface area contributed by atoms with Gasteiger partial charge in [0.25, 0.3) is 5.91 Å². The van der Waals surface area contributed by atoms with E-state index in [0.717, 1.165) is 11.3 Å². The van der Waals surface area contributed by atoms with E-state index >= 15 is 0 Å². The third-order valence-corrected chi connectivity index (χ3v) is 4.61. The number of hydrogen-bond acceptors (Lipinski definition) is 3. The molecule has 0 radical (unpaired) electrons. The maximum absolute atomic E-state index is 12.9. The monoisotopic (exact) mass is 359 g/mol. The Morgan fingerprint density at radius 1 is 1.04 bits per heavy atom. The van der Waals surface area contributed by atoms with E-state index in [1.165, 1.54) is 11.1 Å². The molecule has 0 aliphatic rings. The van der Waals surface area contributed by atoms with Crippen LogP contribution in [0.1, 0.15) is 34.0 Å². The van der Waals surface area contributed by atoms with Gasteiger partial charge in [0, 0.05) is 32.0 Å². The van der Waals surface area contributed by atoms with Crippen molar-refractivity contribution in [3.05, 3.63) is 95.3 Å². The first kappa shape index (κ1) is 18.6. The minimum Gasteiger partial charge on any atom is -0.380 e. The van der Waals surface area contributed by atoms with Gasteiger partial charge in [-0.25, -0.2) is 0 Å². The van der Waals surface area contributed by atoms with Gasteiger partial charge in [0.2, 0.25) is 0 Å². The molecule has 1 aromatic heterocycles. The summed E-state index contributed by atoms with van der Waals surface area (Å²) >= 11 is 0. The van der Waals surface area contributed by atoms with Gasteiger partial charge >= 0.3 is 0 Å². The average molecular weight is 359 g/mol. The second-order valence-electron chi connectivity index (χ2n) is 6.55. The highest BCUT2D eigenvalue weighted by molar-refractivity contribution is 5.94. The molecule has 0 aliphatic carbocycles. The van der Waals surface area contributed by atoms with Gasteiger partial charge in [0.1, 0.15) is 0 Å². The van der Waals surface area contributed by atoms with Gasteiger partial charge < -0.3 is 10.2 Å². The summed E-state index contributed by atoms with van der Waals surface area (Å²) in [6.07, 6.45) is 3.39. The molecule has 1 amide bonds. The Morgan fingerprint density at radius 2 is 1.78 bits per heavy atom. The Labute approximate surface area is 160 Å². The van der Waals surface area contributed by atoms with Crippen LogP contribution in [0, 0.1) is 6.92 Å². The zero-order chi connectivity index (χ0) is 19.1. The normalized spacial score (nSPS) is 10.4. The Hall–Kier alpha value is -3.14. The lowest BCUT2D eigenvalue weighted by atomic mass is 10.1. The molecule has 0 saturated heterocycles. The molecule has 0 saturated carbocycles. The number of aryl methyl sites for hydroxylation is 1. The number of nitrogens with zero attached hydrogens (tertiary/aromatic N) is 2. The largest absolute Gasteiger partial charge is 0.380 e. The van der Waals surface area contributed by atoms with Crippen molar-refractivity contribution in [2.24, 2.45) is 0 Å². The van der Waals surface area contributed by atoms with Crippen molar-refractivity contribution in [1.82, 2.24) is 9.88 Å². The van der Waals surface area contributed by atoms with Crippen LogP contribution in [0.25, 0.3) is 0 Å². The Balaban J connectivity index is 1.70. The highest BCUT2D eigenvalue weighted by atomic mass is 16.2. The van der Waals surface area contributed by atoms with Crippen molar-refractivity contribution < 1.29 is 4.79 Å². The van der Waals surface area contributed by atoms with Crippen LogP contribution in [0.15, 0.2) is 73.1 Å². The number of rotatable bonds is 7. The molecule has 2 aromatic carbocycles. The van der Waals surface area contributed by atoms with E-state index in [1.807, 2.05) is 60.4 Å². The second-order valence-corrected chi connectivity index (χ2v) is 6.55. The summed E-state index contributed by atoms with van der Waals surface area (Å²) in [6, 6.07) is 20.2. The van der Waals surface area contributed by atoms with E-state index in [0.29, 0.717) is 25.2 Å². The summed E-state index contributed by atoms with van der Waals surface area (Å²) in [5.74, 6) is -0.00612. The van der Waals surface area contributed by atoms with Gasteiger partial charge in [0.15, 0.2) is 0 Å². The van der Waals surface area contributed by atoms with E-state index in [2.05, 4.69) is 29.4 Å². The molecule has 0 aliphatic heterocycles. The maximum Gasteiger partial charge on any atom is 0.255 e. The molecule has 4 heteroatoms. The smallest absolute Gasteiger partial charge is 0.255 e. The van der Waals surface area contributed by atoms with Crippen molar-refractivity contribution in [2.45, 2.75) is 26.9 Å². The molecule has 0 spiro atoms. The first-order chi connectivity index (χ1) is 13.2. The topological polar surface area (TPSA) is 45.2 Å². The van der Waals surface area contributed by atoms with Crippen molar-refractivity contribution in [1.29, 1.82) is 0 Å². The molecule has 0 atom stereocenters. The standard InChI is InChI=1S/C23H25N3O/c1-3-26(17-19-10-5-4-6-11-19)23(27)21-13-22(16-24-14-21)25-15-20-12-8-7-9-18(20)2/h4-14,16,25H,3,15,17H2,1-2H3. The Kier molecular flexibility index (Phi) is 6.21. The molecule has 3 aromatic rings. The lowest BCUT2D eigenvalue weighted by molar-refractivity contribution is 0.0752. The Morgan fingerprint density at radius 3 is 2.52 bits per heavy atom. The predicted octanol–water partition coefficient (Wildman–Crippen LogP) is 4.66. The van der Waals surface area contributed by atoms with Crippen LogP contribution in [0.4, 0.5) is 5.69 Å². The third kappa shape index (κ3) is 4.94. The van der Waals surface area contributed by atoms with Gasteiger partial charge in [-0.2, -0.15) is 0 Å². The molecular weight excluding hydrogens is 334 g/mol. The summed E-state index contributed by atoms with van der Waals surface area (Å²) in [5, 5.41) is 3.37. The summed E-state index contributed by atoms with van der Waals surface area (Å²) < 4.78 is 0. The highest BCUT2D eigenvalue weighted by Crippen LogP contribution is 2.15. The first-order valence-corrected chi connectivity index (χ1v) is 9.24. The summed E-state index contributed by atoms with van der Waals surface area (Å²) in [5.41, 5.74) is 5.04. The Bertz CT molecular complexity index is 893. The second kappa shape index (κ2) is 8.99. The van der Waals surface area contributed by atoms with Gasteiger partial charge in [0.05, 0.1) is 11.3 Å². The number of nitrogens with one attached hydrogen (secondary N) is 1. The molecular formula is C23H25N3O. The predicted molar refractivity (Wildman–Crippen MR) is 110 cm³/mol. The van der Waals surface area contributed by atoms with E-state index < -0.39 is 0 Å². The molecule has 0 unspecified atom stereocenters. The number of aromatic nitrogens is 1. The fourth-order valence-corrected chi connectivity index (χ4v) is 2.97. The van der Waals surface area contributed by atoms with Crippen LogP contribution >= 0.6 is 0 Å². The number of anilines is 1. The molecule has 0 bridgehead atoms. The van der Waals surface area contributed by atoms with Crippen molar-refractivity contribution in [3.63, 3.8) is 0 Å². The van der Waals surface area contributed by atoms with E-state index in [1.54, 1.807) is 12.4 Å². The molecule has 27 heavy (non-hydrogen) atoms. The fourth-order valence-electron chi connectivity index (χ4n) is 2.97. The maximum atomic E-state index is 12.9. The van der Waals surface area contributed by atoms with Crippen molar-refractivity contribution in [3.8, 4) is 0 Å². The minimum atomic E-state index is -0.00612. The quantitative estimate of drug-likeness (QED) is 0.667. The van der Waals surface area contributed by atoms with Gasteiger partial charge in [-0.1, -0.05) is 54.6 Å². The number of hydrogen-bond donors (Lipinski definition) is 1. The van der Waals surface area contributed by atoms with E-state index in [4.69, 9.17) is 0 Å². The van der Waals surface area contributed by atoms with Crippen molar-refractivity contribution >= 4 is 11.6 Å². The van der Waals surface area contributed by atoms with E-state index in [9.17, 15) is 4.79 Å². The molecule has 4 nitrogen and oxygen atoms in total. The molecule has 3 rings (SSSR count). The van der Waals surface area contributed by atoms with Crippen molar-refractivity contribution in [2.75, 3.05) is 11.9 Å². The highest BCUT2D eigenvalue weighted by Gasteiger charge is 2.15. The van der Waals surface area contributed by atoms with Gasteiger partial charge in [-0.15, -0.1) is 0 Å². The van der Waals surface area contributed by atoms with Gasteiger partial charge in [-0.05, 0) is 36.6 Å². The summed E-state index contributed by atoms with van der Waals surface area (Å²) in [6.45, 7) is 6.03. The van der Waals surface area contributed by atoms with Crippen LogP contribution in [-0.2, 0) is 13.1 Å². The molecule has 1 N–H and O–H groups in total. The number of carbonyl (C=O) groups is 1. The van der Waals surface area contributed by atoms with Crippen LogP contribution in [0.2, 0.25) is 0 Å². The average Bonchev–Trinajstić information content (AvgIpc) is 2.72. The lowest BCUT2D eigenvalue weighted by Gasteiger charge is -2.21. The van der Waals surface area contributed by atoms with Crippen LogP contribution in [0.3, 0.4) is 0 Å². The number of benzene rings is 2. The number of amides is 1.